The van der Waals surface area contributed by atoms with Gasteiger partial charge in [-0.25, -0.2) is 0 Å². The van der Waals surface area contributed by atoms with Crippen LogP contribution < -0.4 is 0 Å². The summed E-state index contributed by atoms with van der Waals surface area (Å²) in [5, 5.41) is 29.2. The third kappa shape index (κ3) is 3.27. The number of aromatic hydroxyl groups is 2. The molecule has 0 saturated heterocycles. The molecule has 0 heterocycles. The fourth-order valence-electron chi connectivity index (χ4n) is 5.38. The van der Waals surface area contributed by atoms with Gasteiger partial charge in [-0.05, 0) is 102 Å². The molecule has 0 aliphatic rings. The molecule has 0 aliphatic heterocycles. The number of benzene rings is 7. The standard InChI is InChI=1S/C34H22O2/c35-29-13-7-21(8-14-29)25-11-17-31-27(19-25)5-3-23-1-2-24-4-6-28-20-26(22-9-15-30(36)16-10-22)12-18-32(28)34(24)33(23)31/h1-20,35-36H. The molecule has 0 amide bonds. The Hall–Kier alpha value is -4.82. The molecule has 170 valence electrons. The predicted molar refractivity (Wildman–Crippen MR) is 151 cm³/mol. The SMILES string of the molecule is Oc1ccc(-c2ccc3c(ccc4ccc5ccc6cc(-c7ccc(O)cc7)ccc6c5c43)c2)cc1. The van der Waals surface area contributed by atoms with E-state index in [1.807, 2.05) is 24.3 Å². The summed E-state index contributed by atoms with van der Waals surface area (Å²) in [7, 11) is 0. The van der Waals surface area contributed by atoms with E-state index in [1.165, 1.54) is 43.1 Å². The topological polar surface area (TPSA) is 40.5 Å². The van der Waals surface area contributed by atoms with Gasteiger partial charge < -0.3 is 10.2 Å². The molecule has 2 heteroatoms. The van der Waals surface area contributed by atoms with E-state index in [4.69, 9.17) is 0 Å². The fraction of sp³-hybridized carbons (Fsp3) is 0. The zero-order valence-electron chi connectivity index (χ0n) is 19.4. The normalized spacial score (nSPS) is 11.6. The number of rotatable bonds is 2. The maximum Gasteiger partial charge on any atom is 0.115 e. The van der Waals surface area contributed by atoms with E-state index in [1.54, 1.807) is 24.3 Å². The summed E-state index contributed by atoms with van der Waals surface area (Å²) in [5.41, 5.74) is 4.43. The van der Waals surface area contributed by atoms with Crippen LogP contribution in [0.25, 0.3) is 65.3 Å². The van der Waals surface area contributed by atoms with Gasteiger partial charge in [-0.3, -0.25) is 0 Å². The first-order valence-electron chi connectivity index (χ1n) is 12.0. The van der Waals surface area contributed by atoms with Crippen molar-refractivity contribution in [2.75, 3.05) is 0 Å². The second-order valence-electron chi connectivity index (χ2n) is 9.36. The van der Waals surface area contributed by atoms with E-state index in [-0.39, 0.29) is 11.5 Å². The lowest BCUT2D eigenvalue weighted by atomic mass is 9.91. The Bertz CT molecular complexity index is 1790. The number of hydrogen-bond acceptors (Lipinski definition) is 2. The second kappa shape index (κ2) is 7.86. The summed E-state index contributed by atoms with van der Waals surface area (Å²) in [6.45, 7) is 0. The van der Waals surface area contributed by atoms with Crippen molar-refractivity contribution in [3.63, 3.8) is 0 Å². The van der Waals surface area contributed by atoms with Gasteiger partial charge in [0.1, 0.15) is 11.5 Å². The lowest BCUT2D eigenvalue weighted by molar-refractivity contribution is 0.475. The van der Waals surface area contributed by atoms with E-state index in [0.29, 0.717) is 0 Å². The van der Waals surface area contributed by atoms with Crippen molar-refractivity contribution in [1.82, 2.24) is 0 Å². The quantitative estimate of drug-likeness (QED) is 0.252. The van der Waals surface area contributed by atoms with Crippen molar-refractivity contribution in [3.05, 3.63) is 121 Å². The maximum absolute atomic E-state index is 9.66. The lowest BCUT2D eigenvalue weighted by Crippen LogP contribution is -1.86. The Labute approximate surface area is 208 Å². The zero-order chi connectivity index (χ0) is 24.2. The van der Waals surface area contributed by atoms with Crippen LogP contribution in [-0.4, -0.2) is 10.2 Å². The van der Waals surface area contributed by atoms with Crippen molar-refractivity contribution in [3.8, 4) is 33.8 Å². The smallest absolute Gasteiger partial charge is 0.115 e. The number of fused-ring (bicyclic) bond motifs is 7. The molecular formula is C34H22O2. The molecule has 0 radical (unpaired) electrons. The van der Waals surface area contributed by atoms with Crippen LogP contribution in [0, 0.1) is 0 Å². The average molecular weight is 463 g/mol. The highest BCUT2D eigenvalue weighted by Crippen LogP contribution is 2.39. The monoisotopic (exact) mass is 462 g/mol. The molecule has 0 atom stereocenters. The molecule has 0 unspecified atom stereocenters. The first-order valence-corrected chi connectivity index (χ1v) is 12.0. The average Bonchev–Trinajstić information content (AvgIpc) is 2.92. The minimum Gasteiger partial charge on any atom is -0.508 e. The Morgan fingerprint density at radius 2 is 0.639 bits per heavy atom. The van der Waals surface area contributed by atoms with Gasteiger partial charge in [0.25, 0.3) is 0 Å². The highest BCUT2D eigenvalue weighted by Gasteiger charge is 2.11. The van der Waals surface area contributed by atoms with Crippen LogP contribution in [0.4, 0.5) is 0 Å². The molecule has 0 spiro atoms. The van der Waals surface area contributed by atoms with E-state index in [0.717, 1.165) is 22.3 Å². The Morgan fingerprint density at radius 3 is 1.03 bits per heavy atom. The zero-order valence-corrected chi connectivity index (χ0v) is 19.4. The summed E-state index contributed by atoms with van der Waals surface area (Å²) in [6.07, 6.45) is 0. The van der Waals surface area contributed by atoms with Crippen LogP contribution >= 0.6 is 0 Å². The van der Waals surface area contributed by atoms with Gasteiger partial charge in [-0.2, -0.15) is 0 Å². The summed E-state index contributed by atoms with van der Waals surface area (Å²) in [4.78, 5) is 0. The third-order valence-corrected chi connectivity index (χ3v) is 7.20. The summed E-state index contributed by atoms with van der Waals surface area (Å²) in [5.74, 6) is 0.551. The van der Waals surface area contributed by atoms with E-state index < -0.39 is 0 Å². The number of phenols is 2. The van der Waals surface area contributed by atoms with Gasteiger partial charge in [0.2, 0.25) is 0 Å². The first-order chi connectivity index (χ1) is 17.6. The molecule has 36 heavy (non-hydrogen) atoms. The Balaban J connectivity index is 1.48. The van der Waals surface area contributed by atoms with Crippen molar-refractivity contribution in [2.45, 2.75) is 0 Å². The molecule has 0 aromatic heterocycles. The van der Waals surface area contributed by atoms with Crippen molar-refractivity contribution >= 4 is 43.1 Å². The largest absolute Gasteiger partial charge is 0.508 e. The van der Waals surface area contributed by atoms with Gasteiger partial charge in [0.15, 0.2) is 0 Å². The van der Waals surface area contributed by atoms with Gasteiger partial charge in [-0.1, -0.05) is 84.9 Å². The van der Waals surface area contributed by atoms with Gasteiger partial charge in [-0.15, -0.1) is 0 Å². The molecule has 2 nitrogen and oxygen atoms in total. The highest BCUT2D eigenvalue weighted by molar-refractivity contribution is 6.27. The van der Waals surface area contributed by atoms with E-state index >= 15 is 0 Å². The minimum absolute atomic E-state index is 0.275. The molecule has 7 aromatic rings. The molecule has 0 fully saturated rings. The highest BCUT2D eigenvalue weighted by atomic mass is 16.3. The third-order valence-electron chi connectivity index (χ3n) is 7.20. The summed E-state index contributed by atoms with van der Waals surface area (Å²) < 4.78 is 0. The summed E-state index contributed by atoms with van der Waals surface area (Å²) >= 11 is 0. The van der Waals surface area contributed by atoms with E-state index in [2.05, 4.69) is 72.8 Å². The van der Waals surface area contributed by atoms with Gasteiger partial charge in [0, 0.05) is 0 Å². The fourth-order valence-corrected chi connectivity index (χ4v) is 5.38. The molecule has 7 aromatic carbocycles. The van der Waals surface area contributed by atoms with Crippen molar-refractivity contribution in [2.24, 2.45) is 0 Å². The summed E-state index contributed by atoms with van der Waals surface area (Å²) in [6, 6.07) is 41.2. The van der Waals surface area contributed by atoms with Crippen LogP contribution in [0.1, 0.15) is 0 Å². The Morgan fingerprint density at radius 1 is 0.306 bits per heavy atom. The number of phenolic OH excluding ortho intramolecular Hbond substituents is 2. The van der Waals surface area contributed by atoms with E-state index in [9.17, 15) is 10.2 Å². The minimum atomic E-state index is 0.275. The molecular weight excluding hydrogens is 440 g/mol. The van der Waals surface area contributed by atoms with Crippen LogP contribution in [0.2, 0.25) is 0 Å². The first kappa shape index (κ1) is 20.5. The molecule has 0 bridgehead atoms. The van der Waals surface area contributed by atoms with Crippen LogP contribution in [0.15, 0.2) is 121 Å². The van der Waals surface area contributed by atoms with Crippen LogP contribution in [0.3, 0.4) is 0 Å². The van der Waals surface area contributed by atoms with Crippen molar-refractivity contribution < 1.29 is 10.2 Å². The van der Waals surface area contributed by atoms with Crippen LogP contribution in [0.5, 0.6) is 11.5 Å². The molecule has 0 aliphatic carbocycles. The van der Waals surface area contributed by atoms with Gasteiger partial charge in [0.05, 0.1) is 0 Å². The molecule has 0 saturated carbocycles. The Kier molecular flexibility index (Phi) is 4.49. The van der Waals surface area contributed by atoms with Crippen LogP contribution in [-0.2, 0) is 0 Å². The maximum atomic E-state index is 9.66. The van der Waals surface area contributed by atoms with Gasteiger partial charge >= 0.3 is 0 Å². The van der Waals surface area contributed by atoms with Crippen molar-refractivity contribution in [1.29, 1.82) is 0 Å². The molecule has 7 rings (SSSR count). The lowest BCUT2D eigenvalue weighted by Gasteiger charge is -2.13. The molecule has 2 N–H and O–H groups in total. The predicted octanol–water partition coefficient (Wildman–Crippen LogP) is 9.04. The second-order valence-corrected chi connectivity index (χ2v) is 9.36. The number of hydrogen-bond donors (Lipinski definition) is 2.